The fourth-order valence-electron chi connectivity index (χ4n) is 1.74. The molecule has 2 nitrogen and oxygen atoms in total. The van der Waals surface area contributed by atoms with Gasteiger partial charge in [0.1, 0.15) is 6.07 Å². The number of rotatable bonds is 1. The van der Waals surface area contributed by atoms with Crippen LogP contribution < -0.4 is 0 Å². The van der Waals surface area contributed by atoms with Crippen molar-refractivity contribution in [2.45, 2.75) is 24.7 Å². The van der Waals surface area contributed by atoms with Gasteiger partial charge < -0.3 is 0 Å². The number of aromatic nitrogens is 1. The molecular weight excluding hydrogens is 186 g/mol. The van der Waals surface area contributed by atoms with Gasteiger partial charge in [-0.15, -0.1) is 0 Å². The first-order valence-electron chi connectivity index (χ1n) is 4.34. The number of hydrogen-bond acceptors (Lipinski definition) is 2. The molecule has 1 heterocycles. The van der Waals surface area contributed by atoms with Gasteiger partial charge in [0.15, 0.2) is 0 Å². The summed E-state index contributed by atoms with van der Waals surface area (Å²) in [6.45, 7) is 0. The maximum absolute atomic E-state index is 12.6. The minimum absolute atomic E-state index is 0.147. The third-order valence-corrected chi connectivity index (χ3v) is 2.51. The molecule has 14 heavy (non-hydrogen) atoms. The van der Waals surface area contributed by atoms with Crippen LogP contribution >= 0.6 is 0 Å². The van der Waals surface area contributed by atoms with Crippen LogP contribution in [0, 0.1) is 11.3 Å². The van der Waals surface area contributed by atoms with E-state index in [1.54, 1.807) is 6.07 Å². The average molecular weight is 194 g/mol. The van der Waals surface area contributed by atoms with Crippen LogP contribution in [0.5, 0.6) is 0 Å². The van der Waals surface area contributed by atoms with E-state index in [0.717, 1.165) is 0 Å². The molecule has 0 atom stereocenters. The van der Waals surface area contributed by atoms with Crippen LogP contribution in [0.4, 0.5) is 8.78 Å². The quantitative estimate of drug-likeness (QED) is 0.688. The summed E-state index contributed by atoms with van der Waals surface area (Å²) in [7, 11) is 0. The fraction of sp³-hybridized carbons (Fsp3) is 0.400. The van der Waals surface area contributed by atoms with Gasteiger partial charge >= 0.3 is 0 Å². The Hall–Kier alpha value is -1.50. The molecule has 1 saturated carbocycles. The summed E-state index contributed by atoms with van der Waals surface area (Å²) in [5, 5.41) is 8.74. The van der Waals surface area contributed by atoms with Crippen molar-refractivity contribution in [1.29, 1.82) is 5.26 Å². The van der Waals surface area contributed by atoms with Gasteiger partial charge in [-0.3, -0.25) is 4.98 Å². The Morgan fingerprint density at radius 3 is 2.79 bits per heavy atom. The lowest BCUT2D eigenvalue weighted by Crippen LogP contribution is -2.34. The lowest BCUT2D eigenvalue weighted by molar-refractivity contribution is -0.0868. The van der Waals surface area contributed by atoms with Crippen molar-refractivity contribution < 1.29 is 8.78 Å². The van der Waals surface area contributed by atoms with Gasteiger partial charge in [0.2, 0.25) is 5.92 Å². The first-order chi connectivity index (χ1) is 6.62. The van der Waals surface area contributed by atoms with E-state index in [4.69, 9.17) is 5.26 Å². The van der Waals surface area contributed by atoms with Crippen molar-refractivity contribution in [3.63, 3.8) is 0 Å². The summed E-state index contributed by atoms with van der Waals surface area (Å²) in [4.78, 5) is 3.78. The smallest absolute Gasteiger partial charge is 0.249 e. The maximum Gasteiger partial charge on any atom is 0.249 e. The fourth-order valence-corrected chi connectivity index (χ4v) is 1.74. The highest BCUT2D eigenvalue weighted by atomic mass is 19.3. The summed E-state index contributed by atoms with van der Waals surface area (Å²) in [5.74, 6) is -2.72. The highest BCUT2D eigenvalue weighted by Crippen LogP contribution is 2.48. The molecule has 0 N–H and O–H groups in total. The van der Waals surface area contributed by atoms with Crippen LogP contribution in [0.25, 0.3) is 0 Å². The van der Waals surface area contributed by atoms with Gasteiger partial charge in [-0.25, -0.2) is 8.78 Å². The van der Waals surface area contributed by atoms with Crippen LogP contribution in [0.1, 0.15) is 29.9 Å². The molecule has 0 unspecified atom stereocenters. The van der Waals surface area contributed by atoms with Gasteiger partial charge in [0.05, 0.1) is 5.56 Å². The Morgan fingerprint density at radius 1 is 1.50 bits per heavy atom. The molecule has 0 aliphatic heterocycles. The normalized spacial score (nSPS) is 19.8. The number of hydrogen-bond donors (Lipinski definition) is 0. The molecular formula is C10H8F2N2. The van der Waals surface area contributed by atoms with Crippen molar-refractivity contribution in [3.8, 4) is 6.07 Å². The molecule has 0 spiro atoms. The van der Waals surface area contributed by atoms with E-state index in [9.17, 15) is 8.78 Å². The van der Waals surface area contributed by atoms with Crippen LogP contribution in [0.2, 0.25) is 0 Å². The van der Waals surface area contributed by atoms with E-state index in [1.165, 1.54) is 12.4 Å². The minimum Gasteiger partial charge on any atom is -0.263 e. The average Bonchev–Trinajstić information content (AvgIpc) is 2.14. The van der Waals surface area contributed by atoms with Crippen molar-refractivity contribution in [2.24, 2.45) is 0 Å². The molecule has 2 rings (SSSR count). The standard InChI is InChI=1S/C10H8F2N2/c11-10(12)3-7(4-10)9-1-2-14-6-8(9)5-13/h1-2,6-7H,3-4H2. The Labute approximate surface area is 80.2 Å². The van der Waals surface area contributed by atoms with Crippen LogP contribution in [0.15, 0.2) is 18.5 Å². The Kier molecular flexibility index (Phi) is 1.95. The zero-order chi connectivity index (χ0) is 10.2. The second-order valence-corrected chi connectivity index (χ2v) is 3.54. The van der Waals surface area contributed by atoms with Gasteiger partial charge in [-0.2, -0.15) is 5.26 Å². The van der Waals surface area contributed by atoms with E-state index < -0.39 is 5.92 Å². The summed E-state index contributed by atoms with van der Waals surface area (Å²) < 4.78 is 25.2. The monoisotopic (exact) mass is 194 g/mol. The van der Waals surface area contributed by atoms with E-state index in [1.807, 2.05) is 6.07 Å². The molecule has 1 fully saturated rings. The number of alkyl halides is 2. The summed E-state index contributed by atoms with van der Waals surface area (Å²) >= 11 is 0. The number of nitrogens with zero attached hydrogens (tertiary/aromatic N) is 2. The van der Waals surface area contributed by atoms with E-state index in [0.29, 0.717) is 11.1 Å². The minimum atomic E-state index is -2.54. The Bertz CT molecular complexity index is 387. The summed E-state index contributed by atoms with van der Waals surface area (Å²) in [5.41, 5.74) is 1.11. The molecule has 0 bridgehead atoms. The molecule has 1 aliphatic rings. The maximum atomic E-state index is 12.6. The van der Waals surface area contributed by atoms with Crippen molar-refractivity contribution in [1.82, 2.24) is 4.98 Å². The molecule has 4 heteroatoms. The van der Waals surface area contributed by atoms with Crippen LogP contribution in [0.3, 0.4) is 0 Å². The van der Waals surface area contributed by atoms with Gasteiger partial charge in [0, 0.05) is 25.2 Å². The van der Waals surface area contributed by atoms with Crippen molar-refractivity contribution in [3.05, 3.63) is 29.6 Å². The summed E-state index contributed by atoms with van der Waals surface area (Å²) in [6.07, 6.45) is 2.66. The summed E-state index contributed by atoms with van der Waals surface area (Å²) in [6, 6.07) is 3.62. The molecule has 1 aromatic heterocycles. The third-order valence-electron chi connectivity index (χ3n) is 2.51. The second kappa shape index (κ2) is 3.02. The Balaban J connectivity index is 2.23. The first kappa shape index (κ1) is 9.07. The highest BCUT2D eigenvalue weighted by molar-refractivity contribution is 5.38. The first-order valence-corrected chi connectivity index (χ1v) is 4.34. The highest BCUT2D eigenvalue weighted by Gasteiger charge is 2.46. The van der Waals surface area contributed by atoms with Crippen LogP contribution in [-0.2, 0) is 0 Å². The lowest BCUT2D eigenvalue weighted by atomic mass is 9.76. The predicted octanol–water partition coefficient (Wildman–Crippen LogP) is 2.47. The molecule has 0 aromatic carbocycles. The van der Waals surface area contributed by atoms with Crippen LogP contribution in [-0.4, -0.2) is 10.9 Å². The van der Waals surface area contributed by atoms with Gasteiger partial charge in [-0.1, -0.05) is 0 Å². The molecule has 1 aromatic rings. The zero-order valence-corrected chi connectivity index (χ0v) is 7.37. The number of pyridine rings is 1. The third kappa shape index (κ3) is 1.46. The lowest BCUT2D eigenvalue weighted by Gasteiger charge is -2.35. The van der Waals surface area contributed by atoms with E-state index in [2.05, 4.69) is 4.98 Å². The molecule has 72 valence electrons. The van der Waals surface area contributed by atoms with Gasteiger partial charge in [0.25, 0.3) is 0 Å². The second-order valence-electron chi connectivity index (χ2n) is 3.54. The number of nitriles is 1. The zero-order valence-electron chi connectivity index (χ0n) is 7.37. The number of halogens is 2. The molecule has 0 saturated heterocycles. The largest absolute Gasteiger partial charge is 0.263 e. The molecule has 0 radical (unpaired) electrons. The predicted molar refractivity (Wildman–Crippen MR) is 45.9 cm³/mol. The molecule has 1 aliphatic carbocycles. The van der Waals surface area contributed by atoms with E-state index >= 15 is 0 Å². The Morgan fingerprint density at radius 2 is 2.21 bits per heavy atom. The van der Waals surface area contributed by atoms with Crippen molar-refractivity contribution >= 4 is 0 Å². The SMILES string of the molecule is N#Cc1cnccc1C1CC(F)(F)C1. The van der Waals surface area contributed by atoms with Crippen molar-refractivity contribution in [2.75, 3.05) is 0 Å². The van der Waals surface area contributed by atoms with Gasteiger partial charge in [-0.05, 0) is 17.5 Å². The van der Waals surface area contributed by atoms with E-state index in [-0.39, 0.29) is 18.8 Å². The molecule has 0 amide bonds. The topological polar surface area (TPSA) is 36.7 Å².